The molecule has 2 aromatic heterocycles. The summed E-state index contributed by atoms with van der Waals surface area (Å²) in [6.45, 7) is 0. The first-order valence-corrected chi connectivity index (χ1v) is 14.6. The molecule has 1 fully saturated rings. The Hall–Kier alpha value is -4.96. The van der Waals surface area contributed by atoms with Gasteiger partial charge < -0.3 is 5.73 Å². The largest absolute Gasteiger partial charge is 0.416 e. The Morgan fingerprint density at radius 1 is 0.609 bits per heavy atom. The maximum absolute atomic E-state index is 14.0. The van der Waals surface area contributed by atoms with Crippen LogP contribution < -0.4 is 5.73 Å². The minimum atomic E-state index is -5.02. The Bertz CT molecular complexity index is 2010. The molecule has 7 rings (SSSR count). The number of nitrogens with two attached hydrogens (primary N) is 1. The molecule has 0 amide bonds. The van der Waals surface area contributed by atoms with Gasteiger partial charge in [-0.3, -0.25) is 4.40 Å². The van der Waals surface area contributed by atoms with Gasteiger partial charge in [0.25, 0.3) is 0 Å². The molecule has 0 saturated heterocycles. The van der Waals surface area contributed by atoms with Crippen LogP contribution in [0.3, 0.4) is 0 Å². The number of fused-ring (bicyclic) bond motifs is 1. The summed E-state index contributed by atoms with van der Waals surface area (Å²) in [5.41, 5.74) is 7.54. The van der Waals surface area contributed by atoms with E-state index in [2.05, 4.69) is 0 Å². The van der Waals surface area contributed by atoms with E-state index in [1.54, 1.807) is 36.5 Å². The number of nitrogens with zero attached hydrogens (tertiary/aromatic N) is 3. The summed E-state index contributed by atoms with van der Waals surface area (Å²) in [5, 5.41) is 0. The molecule has 4 nitrogen and oxygen atoms in total. The minimum Gasteiger partial charge on any atom is -0.321 e. The number of hydrogen-bond acceptors (Lipinski definition) is 3. The molecule has 6 aromatic rings. The average Bonchev–Trinajstić information content (AvgIpc) is 3.41. The standard InChI is InChI=1S/C36H26F6N4/c37-35(38,39)27-18-25(19-28(20-27)36(40,41)42)32-31(23-10-5-2-6-11-23)45-33-44-30(29(21-46(32)33)22-8-3-1-4-9-22)24-12-14-26(15-13-24)34(43)16-7-17-34/h1-6,8-15,18-21H,7,16-17,43H2. The Balaban J connectivity index is 1.52. The normalized spacial score (nSPS) is 14.8. The first-order valence-electron chi connectivity index (χ1n) is 14.6. The second-order valence-electron chi connectivity index (χ2n) is 11.6. The third-order valence-corrected chi connectivity index (χ3v) is 8.59. The molecule has 0 radical (unpaired) electrons. The Kier molecular flexibility index (Phi) is 7.01. The third kappa shape index (κ3) is 5.32. The summed E-state index contributed by atoms with van der Waals surface area (Å²) in [6.07, 6.45) is -5.49. The van der Waals surface area contributed by atoms with E-state index in [0.717, 1.165) is 48.1 Å². The molecule has 2 N–H and O–H groups in total. The molecule has 2 heterocycles. The summed E-state index contributed by atoms with van der Waals surface area (Å²) in [4.78, 5) is 9.61. The molecule has 0 spiro atoms. The van der Waals surface area contributed by atoms with Crippen molar-refractivity contribution in [1.82, 2.24) is 14.4 Å². The highest BCUT2D eigenvalue weighted by atomic mass is 19.4. The lowest BCUT2D eigenvalue weighted by molar-refractivity contribution is -0.143. The van der Waals surface area contributed by atoms with E-state index in [-0.39, 0.29) is 34.3 Å². The van der Waals surface area contributed by atoms with Crippen LogP contribution >= 0.6 is 0 Å². The van der Waals surface area contributed by atoms with Gasteiger partial charge in [0.05, 0.1) is 28.2 Å². The average molecular weight is 629 g/mol. The van der Waals surface area contributed by atoms with Gasteiger partial charge in [-0.25, -0.2) is 9.97 Å². The molecule has 10 heteroatoms. The maximum Gasteiger partial charge on any atom is 0.416 e. The molecule has 0 aliphatic heterocycles. The van der Waals surface area contributed by atoms with Crippen LogP contribution in [0.4, 0.5) is 26.3 Å². The fraction of sp³-hybridized carbons (Fsp3) is 0.167. The van der Waals surface area contributed by atoms with Crippen LogP contribution in [0.25, 0.3) is 50.7 Å². The molecule has 4 aromatic carbocycles. The third-order valence-electron chi connectivity index (χ3n) is 8.59. The molecule has 0 atom stereocenters. The highest BCUT2D eigenvalue weighted by molar-refractivity contribution is 5.86. The first kappa shape index (κ1) is 29.7. The topological polar surface area (TPSA) is 56.2 Å². The number of halogens is 6. The van der Waals surface area contributed by atoms with Crippen LogP contribution in [0.2, 0.25) is 0 Å². The van der Waals surface area contributed by atoms with Crippen LogP contribution in [-0.2, 0) is 17.9 Å². The van der Waals surface area contributed by atoms with Crippen molar-refractivity contribution in [3.63, 3.8) is 0 Å². The van der Waals surface area contributed by atoms with Crippen LogP contribution in [-0.4, -0.2) is 14.4 Å². The number of aromatic nitrogens is 3. The molecular formula is C36H26F6N4. The lowest BCUT2D eigenvalue weighted by Crippen LogP contribution is -2.43. The first-order chi connectivity index (χ1) is 21.9. The van der Waals surface area contributed by atoms with Crippen LogP contribution in [0.5, 0.6) is 0 Å². The molecule has 46 heavy (non-hydrogen) atoms. The van der Waals surface area contributed by atoms with E-state index >= 15 is 0 Å². The Labute approximate surface area is 260 Å². The number of benzene rings is 4. The SMILES string of the molecule is NC1(c2ccc(-c3nc4nc(-c5ccccc5)c(-c5cc(C(F)(F)F)cc(C(F)(F)F)c5)n4cc3-c3ccccc3)cc2)CCC1. The zero-order valence-electron chi connectivity index (χ0n) is 24.2. The lowest BCUT2D eigenvalue weighted by atomic mass is 9.72. The van der Waals surface area contributed by atoms with Gasteiger partial charge in [0.1, 0.15) is 0 Å². The van der Waals surface area contributed by atoms with Crippen molar-refractivity contribution in [3.8, 4) is 44.9 Å². The van der Waals surface area contributed by atoms with Gasteiger partial charge in [-0.05, 0) is 48.6 Å². The molecule has 232 valence electrons. The van der Waals surface area contributed by atoms with Gasteiger partial charge in [0.2, 0.25) is 5.78 Å². The summed E-state index contributed by atoms with van der Waals surface area (Å²) >= 11 is 0. The molecule has 0 unspecified atom stereocenters. The summed E-state index contributed by atoms with van der Waals surface area (Å²) in [6, 6.07) is 27.2. The second kappa shape index (κ2) is 10.8. The summed E-state index contributed by atoms with van der Waals surface area (Å²) < 4.78 is 85.2. The van der Waals surface area contributed by atoms with Crippen LogP contribution in [0.15, 0.2) is 109 Å². The van der Waals surface area contributed by atoms with Crippen molar-refractivity contribution in [3.05, 3.63) is 126 Å². The van der Waals surface area contributed by atoms with Crippen molar-refractivity contribution in [2.45, 2.75) is 37.2 Å². The van der Waals surface area contributed by atoms with Gasteiger partial charge in [0, 0.05) is 34.0 Å². The van der Waals surface area contributed by atoms with Crippen LogP contribution in [0, 0.1) is 0 Å². The quantitative estimate of drug-likeness (QED) is 0.194. The molecule has 1 aliphatic carbocycles. The second-order valence-corrected chi connectivity index (χ2v) is 11.6. The maximum atomic E-state index is 14.0. The highest BCUT2D eigenvalue weighted by Gasteiger charge is 2.38. The molecule has 1 saturated carbocycles. The van der Waals surface area contributed by atoms with Gasteiger partial charge in [-0.2, -0.15) is 26.3 Å². The predicted octanol–water partition coefficient (Wildman–Crippen LogP) is 9.77. The van der Waals surface area contributed by atoms with Crippen molar-refractivity contribution in [1.29, 1.82) is 0 Å². The van der Waals surface area contributed by atoms with Gasteiger partial charge in [-0.1, -0.05) is 84.9 Å². The molecule has 0 bridgehead atoms. The zero-order chi connectivity index (χ0) is 32.3. The van der Waals surface area contributed by atoms with Gasteiger partial charge in [0.15, 0.2) is 0 Å². The number of hydrogen-bond donors (Lipinski definition) is 1. The fourth-order valence-corrected chi connectivity index (χ4v) is 5.99. The van der Waals surface area contributed by atoms with Gasteiger partial charge >= 0.3 is 12.4 Å². The van der Waals surface area contributed by atoms with Crippen LogP contribution in [0.1, 0.15) is 36.0 Å². The zero-order valence-corrected chi connectivity index (χ0v) is 24.2. The minimum absolute atomic E-state index is 0.0550. The number of alkyl halides is 6. The van der Waals surface area contributed by atoms with Crippen molar-refractivity contribution in [2.24, 2.45) is 5.73 Å². The van der Waals surface area contributed by atoms with E-state index in [1.165, 1.54) is 4.40 Å². The lowest BCUT2D eigenvalue weighted by Gasteiger charge is -2.38. The van der Waals surface area contributed by atoms with Gasteiger partial charge in [-0.15, -0.1) is 0 Å². The number of imidazole rings is 1. The van der Waals surface area contributed by atoms with E-state index < -0.39 is 23.5 Å². The van der Waals surface area contributed by atoms with E-state index in [4.69, 9.17) is 15.7 Å². The molecule has 1 aliphatic rings. The summed E-state index contributed by atoms with van der Waals surface area (Å²) in [5.74, 6) is 0.118. The van der Waals surface area contributed by atoms with Crippen molar-refractivity contribution >= 4 is 5.78 Å². The fourth-order valence-electron chi connectivity index (χ4n) is 5.99. The monoisotopic (exact) mass is 628 g/mol. The molecular weight excluding hydrogens is 602 g/mol. The van der Waals surface area contributed by atoms with Crippen molar-refractivity contribution in [2.75, 3.05) is 0 Å². The van der Waals surface area contributed by atoms with E-state index in [0.29, 0.717) is 16.8 Å². The predicted molar refractivity (Wildman–Crippen MR) is 164 cm³/mol. The van der Waals surface area contributed by atoms with E-state index in [1.807, 2.05) is 54.6 Å². The van der Waals surface area contributed by atoms with E-state index in [9.17, 15) is 26.3 Å². The smallest absolute Gasteiger partial charge is 0.321 e. The van der Waals surface area contributed by atoms with Crippen molar-refractivity contribution < 1.29 is 26.3 Å². The highest BCUT2D eigenvalue weighted by Crippen LogP contribution is 2.43. The Morgan fingerprint density at radius 2 is 1.13 bits per heavy atom. The Morgan fingerprint density at radius 3 is 1.65 bits per heavy atom. The number of rotatable bonds is 5. The summed E-state index contributed by atoms with van der Waals surface area (Å²) in [7, 11) is 0.